The highest BCUT2D eigenvalue weighted by Crippen LogP contribution is 2.22. The van der Waals surface area contributed by atoms with Crippen molar-refractivity contribution in [2.45, 2.75) is 24.6 Å². The van der Waals surface area contributed by atoms with E-state index in [-0.39, 0.29) is 5.91 Å². The van der Waals surface area contributed by atoms with E-state index in [1.165, 1.54) is 0 Å². The van der Waals surface area contributed by atoms with Crippen molar-refractivity contribution in [3.63, 3.8) is 0 Å². The molecule has 3 N–H and O–H groups in total. The van der Waals surface area contributed by atoms with Crippen LogP contribution < -0.4 is 11.1 Å². The van der Waals surface area contributed by atoms with Gasteiger partial charge in [-0.2, -0.15) is 11.8 Å². The largest absolute Gasteiger partial charge is 0.368 e. The van der Waals surface area contributed by atoms with Gasteiger partial charge in [-0.1, -0.05) is 29.8 Å². The lowest BCUT2D eigenvalue weighted by Gasteiger charge is -2.25. The van der Waals surface area contributed by atoms with Gasteiger partial charge in [-0.05, 0) is 37.8 Å². The number of benzene rings is 1. The van der Waals surface area contributed by atoms with Crippen LogP contribution in [0.25, 0.3) is 0 Å². The van der Waals surface area contributed by atoms with E-state index >= 15 is 0 Å². The SMILES string of the molecule is CNC(C)(CCSCc1ccccc1Cl)C(N)=O. The van der Waals surface area contributed by atoms with Gasteiger partial charge in [-0.25, -0.2) is 0 Å². The molecular weight excluding hydrogens is 268 g/mol. The van der Waals surface area contributed by atoms with Gasteiger partial charge in [0.2, 0.25) is 5.91 Å². The monoisotopic (exact) mass is 286 g/mol. The van der Waals surface area contributed by atoms with E-state index in [4.69, 9.17) is 17.3 Å². The Bertz CT molecular complexity index is 414. The predicted molar refractivity (Wildman–Crippen MR) is 78.9 cm³/mol. The van der Waals surface area contributed by atoms with Gasteiger partial charge >= 0.3 is 0 Å². The van der Waals surface area contributed by atoms with Gasteiger partial charge in [-0.3, -0.25) is 4.79 Å². The Balaban J connectivity index is 2.39. The first-order chi connectivity index (χ1) is 8.49. The molecule has 18 heavy (non-hydrogen) atoms. The molecule has 1 aromatic rings. The van der Waals surface area contributed by atoms with Gasteiger partial charge in [0.15, 0.2) is 0 Å². The molecule has 0 radical (unpaired) electrons. The third-order valence-electron chi connectivity index (χ3n) is 3.06. The molecule has 1 atom stereocenters. The van der Waals surface area contributed by atoms with Crippen LogP contribution in [0.15, 0.2) is 24.3 Å². The third-order valence-corrected chi connectivity index (χ3v) is 4.43. The van der Waals surface area contributed by atoms with Crippen LogP contribution in [0.3, 0.4) is 0 Å². The molecule has 0 fully saturated rings. The van der Waals surface area contributed by atoms with Crippen molar-refractivity contribution in [1.82, 2.24) is 5.32 Å². The van der Waals surface area contributed by atoms with Crippen LogP contribution in [0.1, 0.15) is 18.9 Å². The fourth-order valence-corrected chi connectivity index (χ4v) is 2.90. The van der Waals surface area contributed by atoms with Crippen LogP contribution in [0.2, 0.25) is 5.02 Å². The number of rotatable bonds is 7. The van der Waals surface area contributed by atoms with Crippen LogP contribution in [-0.2, 0) is 10.5 Å². The second kappa shape index (κ2) is 7.02. The highest BCUT2D eigenvalue weighted by Gasteiger charge is 2.28. The summed E-state index contributed by atoms with van der Waals surface area (Å²) < 4.78 is 0. The molecule has 1 unspecified atom stereocenters. The fraction of sp³-hybridized carbons (Fsp3) is 0.462. The minimum absolute atomic E-state index is 0.316. The lowest BCUT2D eigenvalue weighted by atomic mass is 9.99. The molecule has 1 aromatic carbocycles. The average molecular weight is 287 g/mol. The Hall–Kier alpha value is -0.710. The highest BCUT2D eigenvalue weighted by atomic mass is 35.5. The Morgan fingerprint density at radius 2 is 2.17 bits per heavy atom. The van der Waals surface area contributed by atoms with E-state index in [0.717, 1.165) is 22.1 Å². The maximum atomic E-state index is 11.3. The number of hydrogen-bond acceptors (Lipinski definition) is 3. The minimum atomic E-state index is -0.631. The normalized spacial score (nSPS) is 14.2. The van der Waals surface area contributed by atoms with Crippen molar-refractivity contribution in [1.29, 1.82) is 0 Å². The van der Waals surface area contributed by atoms with E-state index in [1.54, 1.807) is 18.8 Å². The summed E-state index contributed by atoms with van der Waals surface area (Å²) in [6.07, 6.45) is 0.702. The van der Waals surface area contributed by atoms with Crippen LogP contribution in [0.5, 0.6) is 0 Å². The summed E-state index contributed by atoms with van der Waals surface area (Å²) in [7, 11) is 1.75. The molecule has 0 saturated carbocycles. The molecule has 0 aromatic heterocycles. The number of thioether (sulfide) groups is 1. The summed E-state index contributed by atoms with van der Waals surface area (Å²) in [4.78, 5) is 11.3. The molecule has 0 aliphatic heterocycles. The molecule has 0 aliphatic carbocycles. The van der Waals surface area contributed by atoms with Crippen molar-refractivity contribution in [2.24, 2.45) is 5.73 Å². The first kappa shape index (κ1) is 15.3. The van der Waals surface area contributed by atoms with Crippen molar-refractivity contribution >= 4 is 29.3 Å². The second-order valence-electron chi connectivity index (χ2n) is 4.34. The molecule has 0 saturated heterocycles. The molecule has 0 aliphatic rings. The van der Waals surface area contributed by atoms with Gasteiger partial charge < -0.3 is 11.1 Å². The summed E-state index contributed by atoms with van der Waals surface area (Å²) in [5.41, 5.74) is 5.86. The lowest BCUT2D eigenvalue weighted by molar-refractivity contribution is -0.123. The predicted octanol–water partition coefficient (Wildman–Crippen LogP) is 2.43. The Morgan fingerprint density at radius 1 is 1.50 bits per heavy atom. The summed E-state index contributed by atoms with van der Waals surface area (Å²) in [6.45, 7) is 1.82. The molecule has 0 bridgehead atoms. The molecule has 1 rings (SSSR count). The number of primary amides is 1. The zero-order valence-corrected chi connectivity index (χ0v) is 12.3. The second-order valence-corrected chi connectivity index (χ2v) is 5.85. The van der Waals surface area contributed by atoms with Crippen molar-refractivity contribution < 1.29 is 4.79 Å². The zero-order valence-electron chi connectivity index (χ0n) is 10.7. The third kappa shape index (κ3) is 4.19. The number of likely N-dealkylation sites (N-methyl/N-ethyl adjacent to an activating group) is 1. The Kier molecular flexibility index (Phi) is 5.99. The maximum Gasteiger partial charge on any atom is 0.237 e. The standard InChI is InChI=1S/C13H19ClN2OS/c1-13(16-2,12(15)17)7-8-18-9-10-5-3-4-6-11(10)14/h3-6,16H,7-9H2,1-2H3,(H2,15,17). The van der Waals surface area contributed by atoms with Crippen LogP contribution in [0, 0.1) is 0 Å². The number of nitrogens with one attached hydrogen (secondary N) is 1. The molecule has 1 amide bonds. The van der Waals surface area contributed by atoms with Gasteiger partial charge in [0, 0.05) is 10.8 Å². The van der Waals surface area contributed by atoms with Crippen molar-refractivity contribution in [2.75, 3.05) is 12.8 Å². The lowest BCUT2D eigenvalue weighted by Crippen LogP contribution is -2.51. The van der Waals surface area contributed by atoms with E-state index in [9.17, 15) is 4.79 Å². The Morgan fingerprint density at radius 3 is 2.72 bits per heavy atom. The number of carbonyl (C=O) groups is 1. The smallest absolute Gasteiger partial charge is 0.237 e. The van der Waals surface area contributed by atoms with Crippen LogP contribution in [-0.4, -0.2) is 24.2 Å². The molecule has 5 heteroatoms. The number of carbonyl (C=O) groups excluding carboxylic acids is 1. The molecule has 3 nitrogen and oxygen atoms in total. The molecule has 0 heterocycles. The molecular formula is C13H19ClN2OS. The summed E-state index contributed by atoms with van der Waals surface area (Å²) in [6, 6.07) is 7.80. The highest BCUT2D eigenvalue weighted by molar-refractivity contribution is 7.98. The van der Waals surface area contributed by atoms with E-state index in [2.05, 4.69) is 5.32 Å². The molecule has 0 spiro atoms. The van der Waals surface area contributed by atoms with E-state index in [1.807, 2.05) is 31.2 Å². The summed E-state index contributed by atoms with van der Waals surface area (Å²) >= 11 is 7.82. The average Bonchev–Trinajstić information content (AvgIpc) is 2.36. The van der Waals surface area contributed by atoms with Crippen molar-refractivity contribution in [3.05, 3.63) is 34.9 Å². The zero-order chi connectivity index (χ0) is 13.6. The number of nitrogens with two attached hydrogens (primary N) is 1. The van der Waals surface area contributed by atoms with Crippen LogP contribution in [0.4, 0.5) is 0 Å². The van der Waals surface area contributed by atoms with Gasteiger partial charge in [0.1, 0.15) is 0 Å². The Labute approximate surface area is 117 Å². The van der Waals surface area contributed by atoms with Gasteiger partial charge in [-0.15, -0.1) is 0 Å². The number of halogens is 1. The van der Waals surface area contributed by atoms with Gasteiger partial charge in [0.25, 0.3) is 0 Å². The first-order valence-electron chi connectivity index (χ1n) is 5.79. The molecule has 100 valence electrons. The quantitative estimate of drug-likeness (QED) is 0.757. The van der Waals surface area contributed by atoms with Crippen LogP contribution >= 0.6 is 23.4 Å². The number of amides is 1. The van der Waals surface area contributed by atoms with E-state index in [0.29, 0.717) is 6.42 Å². The topological polar surface area (TPSA) is 55.1 Å². The summed E-state index contributed by atoms with van der Waals surface area (Å²) in [5.74, 6) is 1.38. The first-order valence-corrected chi connectivity index (χ1v) is 7.33. The minimum Gasteiger partial charge on any atom is -0.368 e. The fourth-order valence-electron chi connectivity index (χ4n) is 1.45. The summed E-state index contributed by atoms with van der Waals surface area (Å²) in [5, 5.41) is 3.76. The van der Waals surface area contributed by atoms with E-state index < -0.39 is 5.54 Å². The van der Waals surface area contributed by atoms with Gasteiger partial charge in [0.05, 0.1) is 5.54 Å². The van der Waals surface area contributed by atoms with Crippen molar-refractivity contribution in [3.8, 4) is 0 Å². The number of hydrogen-bond donors (Lipinski definition) is 2. The maximum absolute atomic E-state index is 11.3.